The number of para-hydroxylation sites is 1. The van der Waals surface area contributed by atoms with Crippen LogP contribution in [0.4, 0.5) is 11.4 Å². The van der Waals surface area contributed by atoms with Crippen LogP contribution in [0.1, 0.15) is 25.7 Å². The standard InChI is InChI=1S/C34H40BrN3O6/c1-4-18-36(23-12-8-6-9-13-23)31(40)27-28-32(41)38(20-10-7-11-21-39)30(34(28)22-26(35)29(27)44-34)33(42)37(19-5-2)24-14-16-25(43-3)17-15-24/h4-6,8-9,12-17,26-30,39H,1-2,7,10-11,18-22H2,3H3/t26?,27-,28+,29-,30?,34?/m1/s1. The number of carbonyl (C=O) groups is 3. The molecule has 2 bridgehead atoms. The van der Waals surface area contributed by atoms with E-state index in [1.807, 2.05) is 30.3 Å². The molecule has 0 aliphatic carbocycles. The number of amides is 3. The maximum absolute atomic E-state index is 14.7. The summed E-state index contributed by atoms with van der Waals surface area (Å²) in [5.74, 6) is -1.70. The molecule has 0 radical (unpaired) electrons. The van der Waals surface area contributed by atoms with E-state index in [1.54, 1.807) is 58.2 Å². The molecule has 3 aliphatic rings. The first-order chi connectivity index (χ1) is 21.3. The van der Waals surface area contributed by atoms with Crippen molar-refractivity contribution >= 4 is 45.0 Å². The Bertz CT molecular complexity index is 1370. The van der Waals surface area contributed by atoms with Gasteiger partial charge in [0.15, 0.2) is 0 Å². The van der Waals surface area contributed by atoms with Gasteiger partial charge in [-0.3, -0.25) is 14.4 Å². The number of benzene rings is 2. The van der Waals surface area contributed by atoms with Gasteiger partial charge in [-0.15, -0.1) is 13.2 Å². The highest BCUT2D eigenvalue weighted by atomic mass is 79.9. The van der Waals surface area contributed by atoms with Gasteiger partial charge >= 0.3 is 0 Å². The second kappa shape index (κ2) is 13.7. The number of hydrogen-bond donors (Lipinski definition) is 1. The number of unbranched alkanes of at least 4 members (excludes halogenated alkanes) is 2. The van der Waals surface area contributed by atoms with Gasteiger partial charge in [-0.2, -0.15) is 0 Å². The summed E-state index contributed by atoms with van der Waals surface area (Å²) in [5.41, 5.74) is 0.156. The molecule has 0 saturated carbocycles. The van der Waals surface area contributed by atoms with E-state index in [0.717, 1.165) is 0 Å². The number of fused-ring (bicyclic) bond motifs is 1. The fourth-order valence-corrected chi connectivity index (χ4v) is 8.05. The van der Waals surface area contributed by atoms with Crippen LogP contribution in [0.15, 0.2) is 79.9 Å². The van der Waals surface area contributed by atoms with Crippen molar-refractivity contribution in [2.24, 2.45) is 11.8 Å². The maximum atomic E-state index is 14.7. The number of aliphatic hydroxyl groups excluding tert-OH is 1. The van der Waals surface area contributed by atoms with Gasteiger partial charge < -0.3 is 29.3 Å². The first-order valence-corrected chi connectivity index (χ1v) is 16.0. The van der Waals surface area contributed by atoms with Crippen molar-refractivity contribution in [3.63, 3.8) is 0 Å². The first kappa shape index (κ1) is 31.9. The lowest BCUT2D eigenvalue weighted by atomic mass is 9.70. The molecule has 3 aliphatic heterocycles. The molecule has 3 unspecified atom stereocenters. The average molecular weight is 667 g/mol. The molecule has 2 aromatic carbocycles. The van der Waals surface area contributed by atoms with Gasteiger partial charge in [0.05, 0.1) is 25.0 Å². The molecule has 44 heavy (non-hydrogen) atoms. The van der Waals surface area contributed by atoms with Crippen LogP contribution >= 0.6 is 15.9 Å². The van der Waals surface area contributed by atoms with Crippen molar-refractivity contribution < 1.29 is 29.0 Å². The van der Waals surface area contributed by atoms with Gasteiger partial charge in [-0.25, -0.2) is 0 Å². The zero-order valence-electron chi connectivity index (χ0n) is 25.0. The van der Waals surface area contributed by atoms with E-state index in [9.17, 15) is 19.5 Å². The highest BCUT2D eigenvalue weighted by molar-refractivity contribution is 9.09. The number of rotatable bonds is 14. The number of methoxy groups -OCH3 is 1. The van der Waals surface area contributed by atoms with Crippen LogP contribution in [-0.4, -0.2) is 83.7 Å². The molecule has 0 aromatic heterocycles. The molecule has 3 amide bonds. The van der Waals surface area contributed by atoms with Crippen LogP contribution in [0.5, 0.6) is 5.75 Å². The van der Waals surface area contributed by atoms with Gasteiger partial charge in [0.1, 0.15) is 17.4 Å². The lowest BCUT2D eigenvalue weighted by molar-refractivity contribution is -0.140. The number of halogens is 1. The van der Waals surface area contributed by atoms with Crippen LogP contribution in [0.25, 0.3) is 0 Å². The second-order valence-electron chi connectivity index (χ2n) is 11.5. The van der Waals surface area contributed by atoms with E-state index in [1.165, 1.54) is 0 Å². The molecule has 3 heterocycles. The van der Waals surface area contributed by atoms with Crippen molar-refractivity contribution in [1.29, 1.82) is 0 Å². The van der Waals surface area contributed by atoms with Crippen LogP contribution < -0.4 is 14.5 Å². The number of aliphatic hydroxyl groups is 1. The Balaban J connectivity index is 1.56. The lowest BCUT2D eigenvalue weighted by Gasteiger charge is -2.37. The Kier molecular flexibility index (Phi) is 9.92. The summed E-state index contributed by atoms with van der Waals surface area (Å²) in [5, 5.41) is 9.34. The van der Waals surface area contributed by atoms with Crippen LogP contribution in [-0.2, 0) is 19.1 Å². The number of anilines is 2. The van der Waals surface area contributed by atoms with E-state index >= 15 is 0 Å². The predicted molar refractivity (Wildman–Crippen MR) is 173 cm³/mol. The molecule has 5 rings (SSSR count). The third-order valence-electron chi connectivity index (χ3n) is 8.97. The van der Waals surface area contributed by atoms with Crippen molar-refractivity contribution in [3.8, 4) is 5.75 Å². The van der Waals surface area contributed by atoms with Crippen molar-refractivity contribution in [2.75, 3.05) is 43.2 Å². The van der Waals surface area contributed by atoms with Crippen molar-refractivity contribution in [3.05, 3.63) is 79.9 Å². The van der Waals surface area contributed by atoms with E-state index in [4.69, 9.17) is 9.47 Å². The minimum atomic E-state index is -1.19. The quantitative estimate of drug-likeness (QED) is 0.183. The third kappa shape index (κ3) is 5.59. The van der Waals surface area contributed by atoms with Gasteiger partial charge in [-0.1, -0.05) is 46.3 Å². The van der Waals surface area contributed by atoms with Crippen LogP contribution in [0, 0.1) is 11.8 Å². The van der Waals surface area contributed by atoms with E-state index in [2.05, 4.69) is 29.1 Å². The Morgan fingerprint density at radius 1 is 1.02 bits per heavy atom. The fraction of sp³-hybridized carbons (Fsp3) is 0.441. The summed E-state index contributed by atoms with van der Waals surface area (Å²) in [6.45, 7) is 8.59. The van der Waals surface area contributed by atoms with Gasteiger partial charge in [-0.05, 0) is 62.1 Å². The number of nitrogens with zero attached hydrogens (tertiary/aromatic N) is 3. The van der Waals surface area contributed by atoms with Gasteiger partial charge in [0, 0.05) is 42.4 Å². The Morgan fingerprint density at radius 3 is 2.27 bits per heavy atom. The average Bonchev–Trinajstić information content (AvgIpc) is 3.63. The molecule has 9 nitrogen and oxygen atoms in total. The molecule has 234 valence electrons. The summed E-state index contributed by atoms with van der Waals surface area (Å²) in [4.78, 5) is 48.3. The van der Waals surface area contributed by atoms with Crippen molar-refractivity contribution in [1.82, 2.24) is 4.90 Å². The largest absolute Gasteiger partial charge is 0.497 e. The number of alkyl halides is 1. The summed E-state index contributed by atoms with van der Waals surface area (Å²) in [6, 6.07) is 15.6. The van der Waals surface area contributed by atoms with Crippen molar-refractivity contribution in [2.45, 2.75) is 48.3 Å². The van der Waals surface area contributed by atoms with Gasteiger partial charge in [0.2, 0.25) is 11.8 Å². The zero-order valence-corrected chi connectivity index (χ0v) is 26.6. The number of likely N-dealkylation sites (tertiary alicyclic amines) is 1. The molecule has 6 atom stereocenters. The monoisotopic (exact) mass is 665 g/mol. The Labute approximate surface area is 267 Å². The molecule has 10 heteroatoms. The summed E-state index contributed by atoms with van der Waals surface area (Å²) < 4.78 is 12.1. The molecule has 3 saturated heterocycles. The fourth-order valence-electron chi connectivity index (χ4n) is 7.10. The number of carbonyl (C=O) groups excluding carboxylic acids is 3. The molecular weight excluding hydrogens is 626 g/mol. The van der Waals surface area contributed by atoms with E-state index < -0.39 is 29.6 Å². The predicted octanol–water partition coefficient (Wildman–Crippen LogP) is 4.34. The minimum absolute atomic E-state index is 0.0543. The lowest BCUT2D eigenvalue weighted by Crippen LogP contribution is -2.57. The summed E-state index contributed by atoms with van der Waals surface area (Å²) >= 11 is 3.77. The molecule has 2 aromatic rings. The summed E-state index contributed by atoms with van der Waals surface area (Å²) in [7, 11) is 1.58. The Morgan fingerprint density at radius 2 is 1.66 bits per heavy atom. The SMILES string of the molecule is C=CCN(C(=O)C1N(CCCCCO)C(=O)[C@@H]2[C@@H](C(=O)N(CC=C)c3ccccc3)[C@@H]3OC12CC3Br)c1ccc(OC)cc1. The first-order valence-electron chi connectivity index (χ1n) is 15.1. The number of hydrogen-bond acceptors (Lipinski definition) is 6. The smallest absolute Gasteiger partial charge is 0.253 e. The van der Waals surface area contributed by atoms with E-state index in [-0.39, 0.29) is 42.2 Å². The second-order valence-corrected chi connectivity index (χ2v) is 12.7. The van der Waals surface area contributed by atoms with E-state index in [0.29, 0.717) is 49.4 Å². The molecule has 3 fully saturated rings. The van der Waals surface area contributed by atoms with Crippen LogP contribution in [0.3, 0.4) is 0 Å². The topological polar surface area (TPSA) is 99.6 Å². The number of ether oxygens (including phenoxy) is 2. The highest BCUT2D eigenvalue weighted by Crippen LogP contribution is 2.60. The normalized spacial score (nSPS) is 26.8. The maximum Gasteiger partial charge on any atom is 0.253 e. The zero-order chi connectivity index (χ0) is 31.4. The highest BCUT2D eigenvalue weighted by Gasteiger charge is 2.76. The Hall–Kier alpha value is -3.47. The molecule has 1 N–H and O–H groups in total. The third-order valence-corrected chi connectivity index (χ3v) is 9.82. The minimum Gasteiger partial charge on any atom is -0.497 e. The molecular formula is C34H40BrN3O6. The van der Waals surface area contributed by atoms with Crippen LogP contribution in [0.2, 0.25) is 0 Å². The molecule has 1 spiro atoms. The summed E-state index contributed by atoms with van der Waals surface area (Å²) in [6.07, 6.45) is 5.06. The van der Waals surface area contributed by atoms with Gasteiger partial charge in [0.25, 0.3) is 5.91 Å².